The number of carboxylic acid groups (broad SMARTS) is 1. The quantitative estimate of drug-likeness (QED) is 0.783. The molecule has 0 aliphatic carbocycles. The van der Waals surface area contributed by atoms with E-state index in [4.69, 9.17) is 4.98 Å². The van der Waals surface area contributed by atoms with Gasteiger partial charge in [-0.15, -0.1) is 0 Å². The Morgan fingerprint density at radius 2 is 1.68 bits per heavy atom. The molecule has 2 unspecified atom stereocenters. The number of nitrogens with zero attached hydrogens (tertiary/aromatic N) is 4. The molecule has 7 nitrogen and oxygen atoms in total. The average molecular weight is 431 g/mol. The van der Waals surface area contributed by atoms with Crippen LogP contribution in [-0.2, 0) is 0 Å². The van der Waals surface area contributed by atoms with Crippen molar-refractivity contribution in [3.05, 3.63) is 29.1 Å². The number of hydrogen-bond donors (Lipinski definition) is 1. The fourth-order valence-corrected chi connectivity index (χ4v) is 5.20. The lowest BCUT2D eigenvalue weighted by atomic mass is 9.75. The van der Waals surface area contributed by atoms with Gasteiger partial charge in [-0.3, -0.25) is 19.6 Å². The molecule has 2 atom stereocenters. The van der Waals surface area contributed by atoms with Gasteiger partial charge in [0, 0.05) is 26.2 Å². The zero-order chi connectivity index (χ0) is 22.9. The Morgan fingerprint density at radius 3 is 2.19 bits per heavy atom. The summed E-state index contributed by atoms with van der Waals surface area (Å²) in [7, 11) is 3.44. The average Bonchev–Trinajstić information content (AvgIpc) is 2.72. The smallest absolute Gasteiger partial charge is 0.407 e. The Kier molecular flexibility index (Phi) is 6.94. The largest absolute Gasteiger partial charge is 0.465 e. The van der Waals surface area contributed by atoms with Gasteiger partial charge in [-0.1, -0.05) is 0 Å². The summed E-state index contributed by atoms with van der Waals surface area (Å²) in [5.74, 6) is 1.06. The molecule has 31 heavy (non-hydrogen) atoms. The predicted molar refractivity (Wildman–Crippen MR) is 121 cm³/mol. The van der Waals surface area contributed by atoms with Crippen LogP contribution in [0.25, 0.3) is 0 Å². The SMILES string of the molecule is Cc1nc(C2CC(C3CCN(C(C)(C)C)CC3)CCN2C(=O)O)ccc1C(=O)N(C)C. The Hall–Kier alpha value is -2.15. The molecule has 3 rings (SSSR count). The third-order valence-corrected chi connectivity index (χ3v) is 7.13. The van der Waals surface area contributed by atoms with Crippen LogP contribution in [0, 0.1) is 18.8 Å². The molecule has 2 aliphatic rings. The van der Waals surface area contributed by atoms with E-state index in [-0.39, 0.29) is 17.5 Å². The molecular weight excluding hydrogens is 392 g/mol. The molecule has 1 aromatic heterocycles. The van der Waals surface area contributed by atoms with Gasteiger partial charge in [0.1, 0.15) is 0 Å². The summed E-state index contributed by atoms with van der Waals surface area (Å²) >= 11 is 0. The number of hydrogen-bond acceptors (Lipinski definition) is 4. The van der Waals surface area contributed by atoms with Gasteiger partial charge in [-0.05, 0) is 90.4 Å². The van der Waals surface area contributed by atoms with Crippen molar-refractivity contribution in [3.63, 3.8) is 0 Å². The van der Waals surface area contributed by atoms with Crippen LogP contribution >= 0.6 is 0 Å². The van der Waals surface area contributed by atoms with E-state index in [2.05, 4.69) is 25.7 Å². The number of carbonyl (C=O) groups excluding carboxylic acids is 1. The molecule has 0 radical (unpaired) electrons. The fourth-order valence-electron chi connectivity index (χ4n) is 5.20. The molecule has 2 amide bonds. The van der Waals surface area contributed by atoms with Gasteiger partial charge in [0.2, 0.25) is 0 Å². The summed E-state index contributed by atoms with van der Waals surface area (Å²) in [6.45, 7) is 11.4. The fraction of sp³-hybridized carbons (Fsp3) is 0.708. The lowest BCUT2D eigenvalue weighted by Gasteiger charge is -2.45. The second-order valence-corrected chi connectivity index (χ2v) is 10.3. The molecule has 172 valence electrons. The summed E-state index contributed by atoms with van der Waals surface area (Å²) < 4.78 is 0. The molecule has 0 saturated carbocycles. The first kappa shape index (κ1) is 23.5. The van der Waals surface area contributed by atoms with Crippen molar-refractivity contribution >= 4 is 12.0 Å². The topological polar surface area (TPSA) is 77.0 Å². The monoisotopic (exact) mass is 430 g/mol. The molecule has 0 spiro atoms. The van der Waals surface area contributed by atoms with Crippen LogP contribution in [0.2, 0.25) is 0 Å². The van der Waals surface area contributed by atoms with Gasteiger partial charge in [-0.2, -0.15) is 0 Å². The van der Waals surface area contributed by atoms with Gasteiger partial charge < -0.3 is 10.0 Å². The Labute approximate surface area is 186 Å². The van der Waals surface area contributed by atoms with Crippen LogP contribution in [0.3, 0.4) is 0 Å². The molecule has 2 fully saturated rings. The van der Waals surface area contributed by atoms with Crippen molar-refractivity contribution in [2.24, 2.45) is 11.8 Å². The van der Waals surface area contributed by atoms with Gasteiger partial charge >= 0.3 is 6.09 Å². The van der Waals surface area contributed by atoms with Gasteiger partial charge in [0.25, 0.3) is 5.91 Å². The van der Waals surface area contributed by atoms with Crippen molar-refractivity contribution in [1.82, 2.24) is 19.7 Å². The Morgan fingerprint density at radius 1 is 1.06 bits per heavy atom. The first-order valence-corrected chi connectivity index (χ1v) is 11.4. The summed E-state index contributed by atoms with van der Waals surface area (Å²) in [5, 5.41) is 9.81. The van der Waals surface area contributed by atoms with E-state index in [0.717, 1.165) is 31.6 Å². The third-order valence-electron chi connectivity index (χ3n) is 7.13. The van der Waals surface area contributed by atoms with Crippen LogP contribution in [0.4, 0.5) is 4.79 Å². The van der Waals surface area contributed by atoms with Gasteiger partial charge in [0.05, 0.1) is 23.0 Å². The van der Waals surface area contributed by atoms with E-state index >= 15 is 0 Å². The third kappa shape index (κ3) is 5.20. The highest BCUT2D eigenvalue weighted by molar-refractivity contribution is 5.94. The van der Waals surface area contributed by atoms with Crippen LogP contribution < -0.4 is 0 Å². The molecule has 7 heteroatoms. The maximum Gasteiger partial charge on any atom is 0.407 e. The lowest BCUT2D eigenvalue weighted by molar-refractivity contribution is 0.0347. The highest BCUT2D eigenvalue weighted by atomic mass is 16.4. The number of aromatic nitrogens is 1. The molecule has 2 aliphatic heterocycles. The number of amides is 2. The van der Waals surface area contributed by atoms with E-state index in [9.17, 15) is 14.7 Å². The Bertz CT molecular complexity index is 810. The summed E-state index contributed by atoms with van der Waals surface area (Å²) in [4.78, 5) is 34.6. The number of piperidine rings is 2. The maximum absolute atomic E-state index is 12.4. The first-order valence-electron chi connectivity index (χ1n) is 11.4. The number of likely N-dealkylation sites (tertiary alicyclic amines) is 2. The predicted octanol–water partition coefficient (Wildman–Crippen LogP) is 4.03. The second kappa shape index (κ2) is 9.15. The number of pyridine rings is 1. The zero-order valence-electron chi connectivity index (χ0n) is 19.9. The van der Waals surface area contributed by atoms with Crippen LogP contribution in [0.1, 0.15) is 74.2 Å². The molecule has 3 heterocycles. The van der Waals surface area contributed by atoms with Crippen LogP contribution in [0.15, 0.2) is 12.1 Å². The molecular formula is C24H38N4O3. The second-order valence-electron chi connectivity index (χ2n) is 10.3. The summed E-state index contributed by atoms with van der Waals surface area (Å²) in [6.07, 6.45) is 3.17. The van der Waals surface area contributed by atoms with Gasteiger partial charge in [-0.25, -0.2) is 4.79 Å². The van der Waals surface area contributed by atoms with Crippen molar-refractivity contribution in [2.75, 3.05) is 33.7 Å². The highest BCUT2D eigenvalue weighted by Crippen LogP contribution is 2.41. The van der Waals surface area contributed by atoms with E-state index in [1.807, 2.05) is 13.0 Å². The molecule has 1 aromatic rings. The van der Waals surface area contributed by atoms with E-state index in [1.54, 1.807) is 20.2 Å². The highest BCUT2D eigenvalue weighted by Gasteiger charge is 2.38. The number of carbonyl (C=O) groups is 2. The maximum atomic E-state index is 12.4. The van der Waals surface area contributed by atoms with E-state index in [0.29, 0.717) is 29.6 Å². The summed E-state index contributed by atoms with van der Waals surface area (Å²) in [6, 6.07) is 3.39. The number of rotatable bonds is 3. The van der Waals surface area contributed by atoms with Crippen molar-refractivity contribution in [3.8, 4) is 0 Å². The zero-order valence-corrected chi connectivity index (χ0v) is 19.9. The molecule has 0 aromatic carbocycles. The first-order chi connectivity index (χ1) is 14.5. The van der Waals surface area contributed by atoms with Crippen LogP contribution in [-0.4, -0.2) is 76.1 Å². The molecule has 2 saturated heterocycles. The van der Waals surface area contributed by atoms with Crippen molar-refractivity contribution in [2.45, 2.75) is 65.0 Å². The molecule has 0 bridgehead atoms. The normalized spacial score (nSPS) is 23.6. The van der Waals surface area contributed by atoms with Crippen LogP contribution in [0.5, 0.6) is 0 Å². The van der Waals surface area contributed by atoms with Crippen molar-refractivity contribution in [1.29, 1.82) is 0 Å². The van der Waals surface area contributed by atoms with Gasteiger partial charge in [0.15, 0.2) is 0 Å². The lowest BCUT2D eigenvalue weighted by Crippen LogP contribution is -2.48. The number of aryl methyl sites for hydroxylation is 1. The minimum Gasteiger partial charge on any atom is -0.465 e. The molecule has 1 N–H and O–H groups in total. The van der Waals surface area contributed by atoms with Crippen molar-refractivity contribution < 1.29 is 14.7 Å². The Balaban J connectivity index is 1.77. The minimum absolute atomic E-state index is 0.0845. The standard InChI is InChI=1S/C24H38N4O3/c1-16-19(22(29)26(5)6)7-8-20(25-16)21-15-18(11-14-28(21)23(30)31)17-9-12-27(13-10-17)24(2,3)4/h7-8,17-18,21H,9-15H2,1-6H3,(H,30,31). The summed E-state index contributed by atoms with van der Waals surface area (Å²) in [5.41, 5.74) is 2.18. The minimum atomic E-state index is -0.890. The van der Waals surface area contributed by atoms with E-state index in [1.165, 1.54) is 22.6 Å². The van der Waals surface area contributed by atoms with E-state index < -0.39 is 6.09 Å².